The van der Waals surface area contributed by atoms with E-state index in [2.05, 4.69) is 51.3 Å². The van der Waals surface area contributed by atoms with Crippen LogP contribution in [0.2, 0.25) is 0 Å². The van der Waals surface area contributed by atoms with Crippen molar-refractivity contribution in [2.75, 3.05) is 18.0 Å². The number of nitrogens with zero attached hydrogens (tertiary/aromatic N) is 3. The van der Waals surface area contributed by atoms with Crippen LogP contribution in [0.1, 0.15) is 25.7 Å². The third kappa shape index (κ3) is 2.59. The quantitative estimate of drug-likeness (QED) is 0.684. The Morgan fingerprint density at radius 3 is 2.45 bits per heavy atom. The van der Waals surface area contributed by atoms with Gasteiger partial charge in [-0.3, -0.25) is 0 Å². The van der Waals surface area contributed by atoms with E-state index in [4.69, 9.17) is 0 Å². The molecule has 0 saturated carbocycles. The molecular formula is C18H19N3S. The van der Waals surface area contributed by atoms with Crippen molar-refractivity contribution >= 4 is 27.4 Å². The second-order valence-corrected chi connectivity index (χ2v) is 6.82. The van der Waals surface area contributed by atoms with Gasteiger partial charge in [0.2, 0.25) is 0 Å². The molecule has 0 atom stereocenters. The van der Waals surface area contributed by atoms with Gasteiger partial charge >= 0.3 is 0 Å². The molecule has 0 N–H and O–H groups in total. The highest BCUT2D eigenvalue weighted by Gasteiger charge is 2.16. The molecule has 0 spiro atoms. The minimum atomic E-state index is 1.09. The summed E-state index contributed by atoms with van der Waals surface area (Å²) >= 11 is 1.76. The van der Waals surface area contributed by atoms with E-state index in [1.807, 2.05) is 0 Å². The lowest BCUT2D eigenvalue weighted by atomic mass is 10.2. The van der Waals surface area contributed by atoms with Crippen molar-refractivity contribution in [1.29, 1.82) is 0 Å². The molecule has 3 nitrogen and oxygen atoms in total. The van der Waals surface area contributed by atoms with Gasteiger partial charge in [-0.05, 0) is 24.5 Å². The van der Waals surface area contributed by atoms with Gasteiger partial charge in [-0.25, -0.2) is 9.97 Å². The van der Waals surface area contributed by atoms with E-state index in [-0.39, 0.29) is 0 Å². The lowest BCUT2D eigenvalue weighted by Crippen LogP contribution is -2.25. The van der Waals surface area contributed by atoms with Gasteiger partial charge in [-0.15, -0.1) is 11.3 Å². The Morgan fingerprint density at radius 1 is 0.909 bits per heavy atom. The fraction of sp³-hybridized carbons (Fsp3) is 0.333. The predicted molar refractivity (Wildman–Crippen MR) is 93.5 cm³/mol. The highest BCUT2D eigenvalue weighted by molar-refractivity contribution is 7.21. The molecule has 2 aromatic heterocycles. The zero-order valence-electron chi connectivity index (χ0n) is 12.5. The molecule has 3 aromatic rings. The minimum absolute atomic E-state index is 1.09. The fourth-order valence-corrected chi connectivity index (χ4v) is 4.12. The van der Waals surface area contributed by atoms with Gasteiger partial charge in [0, 0.05) is 18.0 Å². The normalized spacial score (nSPS) is 15.9. The molecule has 112 valence electrons. The van der Waals surface area contributed by atoms with Gasteiger partial charge in [0.1, 0.15) is 17.0 Å². The smallest absolute Gasteiger partial charge is 0.140 e. The number of rotatable bonds is 2. The molecule has 1 aromatic carbocycles. The lowest BCUT2D eigenvalue weighted by Gasteiger charge is -2.21. The summed E-state index contributed by atoms with van der Waals surface area (Å²) in [5, 5.41) is 1.20. The fourth-order valence-electron chi connectivity index (χ4n) is 3.12. The van der Waals surface area contributed by atoms with Gasteiger partial charge in [-0.1, -0.05) is 43.2 Å². The average Bonchev–Trinajstić information content (AvgIpc) is 2.83. The maximum Gasteiger partial charge on any atom is 0.140 e. The zero-order chi connectivity index (χ0) is 14.8. The summed E-state index contributed by atoms with van der Waals surface area (Å²) in [6, 6.07) is 12.8. The van der Waals surface area contributed by atoms with Gasteiger partial charge in [0.05, 0.1) is 5.39 Å². The van der Waals surface area contributed by atoms with E-state index < -0.39 is 0 Å². The molecule has 1 aliphatic heterocycles. The predicted octanol–water partition coefficient (Wildman–Crippen LogP) is 4.74. The Balaban J connectivity index is 1.78. The number of hydrogen-bond donors (Lipinski definition) is 0. The van der Waals surface area contributed by atoms with Crippen LogP contribution in [-0.4, -0.2) is 23.1 Å². The number of aromatic nitrogens is 2. The third-order valence-corrected chi connectivity index (χ3v) is 5.36. The molecule has 3 heterocycles. The highest BCUT2D eigenvalue weighted by Crippen LogP contribution is 2.36. The lowest BCUT2D eigenvalue weighted by molar-refractivity contribution is 0.726. The van der Waals surface area contributed by atoms with Gasteiger partial charge in [0.25, 0.3) is 0 Å². The molecular weight excluding hydrogens is 290 g/mol. The second kappa shape index (κ2) is 6.05. The Bertz CT molecular complexity index is 758. The summed E-state index contributed by atoms with van der Waals surface area (Å²) < 4.78 is 0. The van der Waals surface area contributed by atoms with Crippen LogP contribution in [0.15, 0.2) is 42.7 Å². The maximum atomic E-state index is 4.60. The monoisotopic (exact) mass is 309 g/mol. The average molecular weight is 309 g/mol. The van der Waals surface area contributed by atoms with Gasteiger partial charge < -0.3 is 4.90 Å². The molecule has 1 aliphatic rings. The van der Waals surface area contributed by atoms with E-state index in [9.17, 15) is 0 Å². The maximum absolute atomic E-state index is 4.60. The molecule has 22 heavy (non-hydrogen) atoms. The molecule has 0 bridgehead atoms. The number of anilines is 1. The van der Waals surface area contributed by atoms with Crippen molar-refractivity contribution < 1.29 is 0 Å². The first-order chi connectivity index (χ1) is 10.9. The van der Waals surface area contributed by atoms with Gasteiger partial charge in [-0.2, -0.15) is 0 Å². The first kappa shape index (κ1) is 13.7. The van der Waals surface area contributed by atoms with Crippen molar-refractivity contribution in [2.24, 2.45) is 0 Å². The summed E-state index contributed by atoms with van der Waals surface area (Å²) in [5.74, 6) is 1.12. The summed E-state index contributed by atoms with van der Waals surface area (Å²) in [6.45, 7) is 2.23. The number of thiophene rings is 1. The Morgan fingerprint density at radius 2 is 1.68 bits per heavy atom. The van der Waals surface area contributed by atoms with E-state index >= 15 is 0 Å². The van der Waals surface area contributed by atoms with Crippen molar-refractivity contribution in [3.8, 4) is 10.4 Å². The van der Waals surface area contributed by atoms with Crippen LogP contribution in [0.25, 0.3) is 20.7 Å². The number of hydrogen-bond acceptors (Lipinski definition) is 4. The van der Waals surface area contributed by atoms with E-state index in [1.165, 1.54) is 41.5 Å². The Kier molecular flexibility index (Phi) is 3.77. The van der Waals surface area contributed by atoms with Crippen molar-refractivity contribution in [2.45, 2.75) is 25.7 Å². The summed E-state index contributed by atoms with van der Waals surface area (Å²) in [4.78, 5) is 13.9. The third-order valence-electron chi connectivity index (χ3n) is 4.27. The van der Waals surface area contributed by atoms with Gasteiger partial charge in [0.15, 0.2) is 0 Å². The van der Waals surface area contributed by atoms with E-state index in [0.29, 0.717) is 0 Å². The molecule has 0 aliphatic carbocycles. The van der Waals surface area contributed by atoms with E-state index in [0.717, 1.165) is 23.7 Å². The second-order valence-electron chi connectivity index (χ2n) is 5.79. The van der Waals surface area contributed by atoms with Crippen LogP contribution in [0.5, 0.6) is 0 Å². The van der Waals surface area contributed by atoms with Crippen molar-refractivity contribution in [3.05, 3.63) is 42.7 Å². The largest absolute Gasteiger partial charge is 0.356 e. The first-order valence-corrected chi connectivity index (χ1v) is 8.78. The first-order valence-electron chi connectivity index (χ1n) is 7.97. The summed E-state index contributed by atoms with van der Waals surface area (Å²) in [6.07, 6.45) is 6.92. The molecule has 0 unspecified atom stereocenters. The topological polar surface area (TPSA) is 29.0 Å². The molecule has 1 fully saturated rings. The summed E-state index contributed by atoms with van der Waals surface area (Å²) in [5.41, 5.74) is 1.26. The van der Waals surface area contributed by atoms with Crippen LogP contribution in [-0.2, 0) is 0 Å². The Labute approximate surface area is 134 Å². The standard InChI is InChI=1S/C18H19N3S/c1-2-7-11-21(10-6-1)17-15-12-16(14-8-4-3-5-9-14)22-18(15)20-13-19-17/h3-5,8-9,12-13H,1-2,6-7,10-11H2. The Hall–Kier alpha value is -1.94. The van der Waals surface area contributed by atoms with Crippen LogP contribution in [0.3, 0.4) is 0 Å². The zero-order valence-corrected chi connectivity index (χ0v) is 13.4. The number of benzene rings is 1. The van der Waals surface area contributed by atoms with Crippen molar-refractivity contribution in [1.82, 2.24) is 9.97 Å². The SMILES string of the molecule is c1ccc(-c2cc3c(N4CCCCCC4)ncnc3s2)cc1. The number of fused-ring (bicyclic) bond motifs is 1. The summed E-state index contributed by atoms with van der Waals surface area (Å²) in [7, 11) is 0. The molecule has 0 radical (unpaired) electrons. The van der Waals surface area contributed by atoms with Crippen molar-refractivity contribution in [3.63, 3.8) is 0 Å². The van der Waals surface area contributed by atoms with E-state index in [1.54, 1.807) is 17.7 Å². The van der Waals surface area contributed by atoms with Crippen LogP contribution < -0.4 is 4.90 Å². The van der Waals surface area contributed by atoms with Crippen LogP contribution >= 0.6 is 11.3 Å². The molecule has 0 amide bonds. The highest BCUT2D eigenvalue weighted by atomic mass is 32.1. The van der Waals surface area contributed by atoms with Crippen LogP contribution in [0.4, 0.5) is 5.82 Å². The molecule has 4 heteroatoms. The van der Waals surface area contributed by atoms with Crippen LogP contribution in [0, 0.1) is 0 Å². The molecule has 1 saturated heterocycles. The minimum Gasteiger partial charge on any atom is -0.356 e. The molecule has 4 rings (SSSR count).